The van der Waals surface area contributed by atoms with Crippen molar-refractivity contribution in [2.24, 2.45) is 34.0 Å². The van der Waals surface area contributed by atoms with Crippen LogP contribution in [0, 0.1) is 34.0 Å². The SMILES string of the molecule is C=C1C2=CC[C@H](C3=CC(O)OC3=O)[C@]2(C)[C@@H](OC(C)=O)[C@H](OC(C)=O)[C@@H]1[C@@]1(C)C=CC(=O)C(C)(C)[C@@H]1CC(=O)OC. The number of ether oxygens (including phenoxy) is 4. The summed E-state index contributed by atoms with van der Waals surface area (Å²) in [6.45, 7) is 14.2. The highest BCUT2D eigenvalue weighted by Crippen LogP contribution is 2.65. The lowest BCUT2D eigenvalue weighted by Gasteiger charge is -2.58. The Hall–Kier alpha value is -3.53. The van der Waals surface area contributed by atoms with Crippen LogP contribution in [0.1, 0.15) is 54.4 Å². The quantitative estimate of drug-likeness (QED) is 0.374. The van der Waals surface area contributed by atoms with Crippen molar-refractivity contribution in [3.05, 3.63) is 47.6 Å². The first-order valence-corrected chi connectivity index (χ1v) is 13.7. The summed E-state index contributed by atoms with van der Waals surface area (Å²) in [5.41, 5.74) is -1.58. The summed E-state index contributed by atoms with van der Waals surface area (Å²) in [7, 11) is 1.28. The van der Waals surface area contributed by atoms with Gasteiger partial charge in [0.15, 0.2) is 5.78 Å². The highest BCUT2D eigenvalue weighted by Gasteiger charge is 2.66. The number of hydrogen-bond acceptors (Lipinski definition) is 10. The summed E-state index contributed by atoms with van der Waals surface area (Å²) in [5, 5.41) is 10.0. The van der Waals surface area contributed by atoms with Crippen LogP contribution in [0.25, 0.3) is 0 Å². The van der Waals surface area contributed by atoms with Gasteiger partial charge in [-0.3, -0.25) is 19.2 Å². The monoisotopic (exact) mass is 570 g/mol. The molecule has 1 aliphatic heterocycles. The molecule has 0 radical (unpaired) electrons. The lowest BCUT2D eigenvalue weighted by molar-refractivity contribution is -0.192. The Bertz CT molecular complexity index is 1300. The molecule has 4 rings (SSSR count). The van der Waals surface area contributed by atoms with E-state index in [0.29, 0.717) is 17.6 Å². The Morgan fingerprint density at radius 1 is 1.10 bits per heavy atom. The van der Waals surface area contributed by atoms with Crippen molar-refractivity contribution in [1.29, 1.82) is 0 Å². The average Bonchev–Trinajstić information content (AvgIpc) is 3.39. The zero-order valence-electron chi connectivity index (χ0n) is 24.5. The summed E-state index contributed by atoms with van der Waals surface area (Å²) >= 11 is 0. The van der Waals surface area contributed by atoms with Crippen molar-refractivity contribution in [3.8, 4) is 0 Å². The fraction of sp³-hybridized carbons (Fsp3) is 0.581. The van der Waals surface area contributed by atoms with Crippen LogP contribution in [0.2, 0.25) is 0 Å². The highest BCUT2D eigenvalue weighted by atomic mass is 16.6. The van der Waals surface area contributed by atoms with E-state index in [1.165, 1.54) is 33.1 Å². The molecule has 0 amide bonds. The molecular formula is C31H38O10. The number of allylic oxidation sites excluding steroid dienone is 3. The van der Waals surface area contributed by atoms with Crippen LogP contribution in [0.4, 0.5) is 0 Å². The van der Waals surface area contributed by atoms with Crippen molar-refractivity contribution in [2.45, 2.75) is 72.9 Å². The zero-order chi connectivity index (χ0) is 30.7. The maximum absolute atomic E-state index is 13.1. The van der Waals surface area contributed by atoms with Crippen LogP contribution in [-0.2, 0) is 42.9 Å². The van der Waals surface area contributed by atoms with Crippen LogP contribution in [0.3, 0.4) is 0 Å². The third kappa shape index (κ3) is 4.75. The summed E-state index contributed by atoms with van der Waals surface area (Å²) in [5.74, 6) is -4.54. The number of fused-ring (bicyclic) bond motifs is 1. The van der Waals surface area contributed by atoms with Gasteiger partial charge in [-0.05, 0) is 35.6 Å². The molecule has 0 aromatic carbocycles. The molecule has 1 saturated carbocycles. The molecule has 0 aromatic heterocycles. The summed E-state index contributed by atoms with van der Waals surface area (Å²) in [6, 6.07) is 0. The van der Waals surface area contributed by atoms with Crippen LogP contribution in [0.5, 0.6) is 0 Å². The Labute approximate surface area is 239 Å². The summed E-state index contributed by atoms with van der Waals surface area (Å²) in [6.07, 6.45) is 3.12. The number of hydrogen-bond donors (Lipinski definition) is 1. The van der Waals surface area contributed by atoms with Crippen LogP contribution in [0.15, 0.2) is 47.6 Å². The minimum atomic E-state index is -1.40. The van der Waals surface area contributed by atoms with Crippen LogP contribution < -0.4 is 0 Å². The van der Waals surface area contributed by atoms with Crippen molar-refractivity contribution in [3.63, 3.8) is 0 Å². The fourth-order valence-electron chi connectivity index (χ4n) is 7.74. The normalized spacial score (nSPS) is 37.5. The van der Waals surface area contributed by atoms with E-state index in [-0.39, 0.29) is 17.8 Å². The van der Waals surface area contributed by atoms with Gasteiger partial charge in [0.1, 0.15) is 12.2 Å². The molecule has 1 heterocycles. The molecular weight excluding hydrogens is 532 g/mol. The van der Waals surface area contributed by atoms with Crippen molar-refractivity contribution < 1.29 is 48.0 Å². The smallest absolute Gasteiger partial charge is 0.336 e. The third-order valence-electron chi connectivity index (χ3n) is 9.68. The highest BCUT2D eigenvalue weighted by molar-refractivity contribution is 5.96. The number of esters is 4. The predicted molar refractivity (Wildman–Crippen MR) is 144 cm³/mol. The van der Waals surface area contributed by atoms with E-state index in [0.717, 1.165) is 0 Å². The topological polar surface area (TPSA) is 142 Å². The molecule has 1 fully saturated rings. The minimum Gasteiger partial charge on any atom is -0.469 e. The van der Waals surface area contributed by atoms with Gasteiger partial charge in [-0.2, -0.15) is 0 Å². The number of carbonyl (C=O) groups excluding carboxylic acids is 5. The fourth-order valence-corrected chi connectivity index (χ4v) is 7.74. The first-order valence-electron chi connectivity index (χ1n) is 13.7. The molecule has 0 spiro atoms. The number of methoxy groups -OCH3 is 1. The van der Waals surface area contributed by atoms with Crippen LogP contribution >= 0.6 is 0 Å². The number of ketones is 1. The molecule has 222 valence electrons. The van der Waals surface area contributed by atoms with Crippen molar-refractivity contribution in [1.82, 2.24) is 0 Å². The maximum Gasteiger partial charge on any atom is 0.336 e. The number of rotatable bonds is 6. The Morgan fingerprint density at radius 3 is 2.27 bits per heavy atom. The Kier molecular flexibility index (Phi) is 7.71. The zero-order valence-corrected chi connectivity index (χ0v) is 24.5. The predicted octanol–water partition coefficient (Wildman–Crippen LogP) is 3.14. The second-order valence-corrected chi connectivity index (χ2v) is 12.3. The second-order valence-electron chi connectivity index (χ2n) is 12.3. The standard InChI is InChI=1S/C31H38O10/c1-15-19-9-10-20(18-13-24(36)41-28(18)37)31(19,7)27(40-17(3)33)26(39-16(2)32)25(15)30(6)12-11-22(34)29(4,5)21(30)14-23(35)38-8/h9,11-13,20-21,24-27,36H,1,10,14H2,2-8H3/t20-,21+,24?,25-,26-,27+,30+,31-/m1/s1. The maximum atomic E-state index is 13.1. The number of aliphatic hydroxyl groups excluding tert-OH is 1. The lowest BCUT2D eigenvalue weighted by Crippen LogP contribution is -2.62. The van der Waals surface area contributed by atoms with Gasteiger partial charge in [-0.25, -0.2) is 4.79 Å². The van der Waals surface area contributed by atoms with Gasteiger partial charge in [0.2, 0.25) is 6.29 Å². The van der Waals surface area contributed by atoms with E-state index in [1.807, 2.05) is 19.9 Å². The molecule has 8 atom stereocenters. The van der Waals surface area contributed by atoms with Gasteiger partial charge >= 0.3 is 23.9 Å². The van der Waals surface area contributed by atoms with Crippen molar-refractivity contribution >= 4 is 29.7 Å². The molecule has 1 N–H and O–H groups in total. The molecule has 0 saturated heterocycles. The Morgan fingerprint density at radius 2 is 1.73 bits per heavy atom. The van der Waals surface area contributed by atoms with Crippen molar-refractivity contribution in [2.75, 3.05) is 7.11 Å². The number of aliphatic hydroxyl groups is 1. The average molecular weight is 571 g/mol. The van der Waals surface area contributed by atoms with Gasteiger partial charge in [0.05, 0.1) is 13.5 Å². The van der Waals surface area contributed by atoms with Gasteiger partial charge < -0.3 is 24.1 Å². The summed E-state index contributed by atoms with van der Waals surface area (Å²) in [4.78, 5) is 63.7. The molecule has 1 unspecified atom stereocenters. The van der Waals surface area contributed by atoms with E-state index in [2.05, 4.69) is 6.58 Å². The molecule has 10 nitrogen and oxygen atoms in total. The molecule has 41 heavy (non-hydrogen) atoms. The van der Waals surface area contributed by atoms with Gasteiger partial charge in [-0.15, -0.1) is 0 Å². The second kappa shape index (κ2) is 10.4. The van der Waals surface area contributed by atoms with E-state index in [9.17, 15) is 29.1 Å². The van der Waals surface area contributed by atoms with Gasteiger partial charge in [-0.1, -0.05) is 46.4 Å². The van der Waals surface area contributed by atoms with E-state index < -0.39 is 76.4 Å². The lowest BCUT2D eigenvalue weighted by atomic mass is 9.47. The minimum absolute atomic E-state index is 0.0968. The molecule has 10 heteroatoms. The third-order valence-corrected chi connectivity index (χ3v) is 9.68. The van der Waals surface area contributed by atoms with Crippen LogP contribution in [-0.4, -0.2) is 60.4 Å². The summed E-state index contributed by atoms with van der Waals surface area (Å²) < 4.78 is 21.9. The van der Waals surface area contributed by atoms with E-state index in [1.54, 1.807) is 19.9 Å². The van der Waals surface area contributed by atoms with Gasteiger partial charge in [0, 0.05) is 47.5 Å². The Balaban J connectivity index is 1.94. The first-order chi connectivity index (χ1) is 19.0. The number of cyclic esters (lactones) is 1. The first kappa shape index (κ1) is 30.4. The van der Waals surface area contributed by atoms with E-state index >= 15 is 0 Å². The molecule has 0 bridgehead atoms. The van der Waals surface area contributed by atoms with E-state index in [4.69, 9.17) is 18.9 Å². The molecule has 0 aromatic rings. The largest absolute Gasteiger partial charge is 0.469 e. The van der Waals surface area contributed by atoms with Gasteiger partial charge in [0.25, 0.3) is 0 Å². The number of carbonyl (C=O) groups is 5. The molecule has 4 aliphatic rings. The molecule has 3 aliphatic carbocycles.